The van der Waals surface area contributed by atoms with E-state index in [4.69, 9.17) is 9.47 Å². The van der Waals surface area contributed by atoms with E-state index in [1.54, 1.807) is 17.9 Å². The van der Waals surface area contributed by atoms with Crippen LogP contribution in [0.3, 0.4) is 0 Å². The van der Waals surface area contributed by atoms with Crippen molar-refractivity contribution in [3.05, 3.63) is 65.7 Å². The van der Waals surface area contributed by atoms with Gasteiger partial charge in [0, 0.05) is 28.9 Å². The van der Waals surface area contributed by atoms with Gasteiger partial charge in [0.1, 0.15) is 5.92 Å². The number of hydrogen-bond donors (Lipinski definition) is 2. The molecule has 196 valence electrons. The normalized spacial score (nSPS) is 19.2. The number of rotatable bonds is 8. The third-order valence-corrected chi connectivity index (χ3v) is 6.38. The van der Waals surface area contributed by atoms with E-state index in [0.717, 1.165) is 23.2 Å². The molecule has 4 rings (SSSR count). The minimum Gasteiger partial charge on any atom is -0.351 e. The van der Waals surface area contributed by atoms with Gasteiger partial charge < -0.3 is 25.0 Å². The van der Waals surface area contributed by atoms with Crippen LogP contribution >= 0.6 is 0 Å². The molecule has 1 unspecified atom stereocenters. The second-order valence-electron chi connectivity index (χ2n) is 10.3. The van der Waals surface area contributed by atoms with Gasteiger partial charge >= 0.3 is 0 Å². The van der Waals surface area contributed by atoms with Crippen LogP contribution in [0.25, 0.3) is 0 Å². The number of hydrogen-bond acceptors (Lipinski definition) is 5. The van der Waals surface area contributed by atoms with Crippen molar-refractivity contribution in [2.75, 3.05) is 28.7 Å². The molecule has 0 radical (unpaired) electrons. The molecule has 0 aromatic heterocycles. The number of amides is 3. The second kappa shape index (κ2) is 11.3. The molecule has 2 aliphatic rings. The number of allylic oxidation sites excluding steroid dienone is 1. The van der Waals surface area contributed by atoms with Crippen molar-refractivity contribution in [2.24, 2.45) is 5.41 Å². The summed E-state index contributed by atoms with van der Waals surface area (Å²) in [5, 5.41) is 5.73. The average molecular weight is 506 g/mol. The van der Waals surface area contributed by atoms with Gasteiger partial charge in [-0.3, -0.25) is 14.4 Å². The number of carbonyl (C=O) groups excluding carboxylic acids is 3. The molecular formula is C29H35N3O5. The summed E-state index contributed by atoms with van der Waals surface area (Å²) in [7, 11) is 0. The van der Waals surface area contributed by atoms with Crippen molar-refractivity contribution in [3.63, 3.8) is 0 Å². The van der Waals surface area contributed by atoms with Gasteiger partial charge in [-0.1, -0.05) is 39.0 Å². The number of benzene rings is 2. The van der Waals surface area contributed by atoms with Crippen molar-refractivity contribution in [1.82, 2.24) is 0 Å². The van der Waals surface area contributed by atoms with Crippen LogP contribution in [0.15, 0.2) is 54.6 Å². The highest BCUT2D eigenvalue weighted by Gasteiger charge is 2.45. The molecule has 2 aromatic carbocycles. The summed E-state index contributed by atoms with van der Waals surface area (Å²) in [5.74, 6) is -0.997. The van der Waals surface area contributed by atoms with E-state index in [2.05, 4.69) is 24.5 Å². The molecule has 2 heterocycles. The molecule has 8 nitrogen and oxygen atoms in total. The lowest BCUT2D eigenvalue weighted by atomic mass is 9.93. The van der Waals surface area contributed by atoms with Gasteiger partial charge in [-0.15, -0.1) is 0 Å². The monoisotopic (exact) mass is 505 g/mol. The zero-order chi connectivity index (χ0) is 26.6. The molecule has 0 spiro atoms. The predicted molar refractivity (Wildman–Crippen MR) is 143 cm³/mol. The van der Waals surface area contributed by atoms with Crippen molar-refractivity contribution in [2.45, 2.75) is 59.3 Å². The van der Waals surface area contributed by atoms with Gasteiger partial charge in [-0.2, -0.15) is 0 Å². The lowest BCUT2D eigenvalue weighted by Crippen LogP contribution is -2.43. The molecule has 2 aromatic rings. The summed E-state index contributed by atoms with van der Waals surface area (Å²) in [4.78, 5) is 39.5. The van der Waals surface area contributed by atoms with Crippen molar-refractivity contribution >= 4 is 34.8 Å². The number of anilines is 3. The Labute approximate surface area is 218 Å². The Morgan fingerprint density at radius 1 is 1.05 bits per heavy atom. The molecule has 1 atom stereocenters. The lowest BCUT2D eigenvalue weighted by Gasteiger charge is -2.36. The molecule has 0 bridgehead atoms. The maximum Gasteiger partial charge on any atom is 0.248 e. The number of nitrogens with zero attached hydrogens (tertiary/aromatic N) is 1. The first-order valence-corrected chi connectivity index (χ1v) is 12.7. The molecule has 3 amide bonds. The van der Waals surface area contributed by atoms with Crippen LogP contribution < -0.4 is 15.5 Å². The number of carbonyl (C=O) groups is 3. The van der Waals surface area contributed by atoms with Crippen LogP contribution in [0.1, 0.15) is 57.6 Å². The zero-order valence-corrected chi connectivity index (χ0v) is 21.9. The smallest absolute Gasteiger partial charge is 0.248 e. The van der Waals surface area contributed by atoms with E-state index >= 15 is 0 Å². The summed E-state index contributed by atoms with van der Waals surface area (Å²) >= 11 is 0. The quantitative estimate of drug-likeness (QED) is 0.494. The molecule has 2 aliphatic heterocycles. The molecule has 1 fully saturated rings. The number of ether oxygens (including phenoxy) is 2. The maximum absolute atomic E-state index is 13.8. The Hall–Kier alpha value is -3.49. The van der Waals surface area contributed by atoms with Gasteiger partial charge in [0.25, 0.3) is 0 Å². The zero-order valence-electron chi connectivity index (χ0n) is 21.9. The van der Waals surface area contributed by atoms with E-state index in [0.29, 0.717) is 37.6 Å². The van der Waals surface area contributed by atoms with Crippen molar-refractivity contribution in [3.8, 4) is 0 Å². The fourth-order valence-corrected chi connectivity index (χ4v) is 4.53. The van der Waals surface area contributed by atoms with E-state index in [-0.39, 0.29) is 23.1 Å². The highest BCUT2D eigenvalue weighted by molar-refractivity contribution is 6.06. The van der Waals surface area contributed by atoms with E-state index in [9.17, 15) is 14.4 Å². The van der Waals surface area contributed by atoms with Gasteiger partial charge in [0.2, 0.25) is 17.7 Å². The minimum atomic E-state index is -0.699. The third kappa shape index (κ3) is 6.26. The highest BCUT2D eigenvalue weighted by Crippen LogP contribution is 2.44. The summed E-state index contributed by atoms with van der Waals surface area (Å²) in [6, 6.07) is 13.0. The largest absolute Gasteiger partial charge is 0.351 e. The summed E-state index contributed by atoms with van der Waals surface area (Å²) < 4.78 is 12.1. The fourth-order valence-electron chi connectivity index (χ4n) is 4.53. The Morgan fingerprint density at radius 3 is 2.38 bits per heavy atom. The summed E-state index contributed by atoms with van der Waals surface area (Å²) in [5.41, 5.74) is 3.66. The Morgan fingerprint density at radius 2 is 1.73 bits per heavy atom. The highest BCUT2D eigenvalue weighted by atomic mass is 16.7. The summed E-state index contributed by atoms with van der Waals surface area (Å²) in [6.07, 6.45) is 3.63. The van der Waals surface area contributed by atoms with Crippen molar-refractivity contribution in [1.29, 1.82) is 0 Å². The van der Waals surface area contributed by atoms with E-state index < -0.39 is 12.2 Å². The van der Waals surface area contributed by atoms with Crippen LogP contribution in [0.5, 0.6) is 0 Å². The number of fused-ring (bicyclic) bond motifs is 1. The predicted octanol–water partition coefficient (Wildman–Crippen LogP) is 4.97. The maximum atomic E-state index is 13.8. The molecule has 8 heteroatoms. The first-order chi connectivity index (χ1) is 17.7. The standard InChI is InChI=1S/C29H35N3O5/c1-5-7-24(33)30-20-11-9-19(10-12-20)16-32-23-14-13-21(31-25(34)8-6-2)15-22(23)26(27(32)35)28-36-17-29(3,4)18-37-28/h5,7,9-15,26,28H,6,8,16-18H2,1-4H3,(H,30,33)(H,31,34)/b7-5+. The molecule has 1 saturated heterocycles. The second-order valence-corrected chi connectivity index (χ2v) is 10.3. The minimum absolute atomic E-state index is 0.0614. The van der Waals surface area contributed by atoms with E-state index in [1.165, 1.54) is 6.08 Å². The topological polar surface area (TPSA) is 97.0 Å². The SMILES string of the molecule is C/C=C/C(=O)Nc1ccc(CN2C(=O)C(C3OCC(C)(C)CO3)c3cc(NC(=O)CCC)ccc32)cc1. The third-order valence-electron chi connectivity index (χ3n) is 6.38. The van der Waals surface area contributed by atoms with Crippen LogP contribution in [0.2, 0.25) is 0 Å². The molecular weight excluding hydrogens is 470 g/mol. The van der Waals surface area contributed by atoms with Crippen LogP contribution in [-0.4, -0.2) is 37.2 Å². The molecule has 0 aliphatic carbocycles. The Kier molecular flexibility index (Phi) is 8.10. The van der Waals surface area contributed by atoms with Crippen LogP contribution in [-0.2, 0) is 30.4 Å². The molecule has 2 N–H and O–H groups in total. The van der Waals surface area contributed by atoms with Gasteiger partial charge in [-0.25, -0.2) is 0 Å². The lowest BCUT2D eigenvalue weighted by molar-refractivity contribution is -0.229. The van der Waals surface area contributed by atoms with Gasteiger partial charge in [0.15, 0.2) is 6.29 Å². The van der Waals surface area contributed by atoms with Crippen LogP contribution in [0.4, 0.5) is 17.1 Å². The van der Waals surface area contributed by atoms with Gasteiger partial charge in [-0.05, 0) is 60.9 Å². The average Bonchev–Trinajstić information content (AvgIpc) is 3.11. The van der Waals surface area contributed by atoms with E-state index in [1.807, 2.05) is 49.4 Å². The molecule has 0 saturated carbocycles. The fraction of sp³-hybridized carbons (Fsp3) is 0.414. The molecule has 37 heavy (non-hydrogen) atoms. The van der Waals surface area contributed by atoms with Crippen molar-refractivity contribution < 1.29 is 23.9 Å². The Bertz CT molecular complexity index is 1180. The first kappa shape index (κ1) is 26.6. The van der Waals surface area contributed by atoms with Crippen LogP contribution in [0, 0.1) is 5.41 Å². The Balaban J connectivity index is 1.59. The number of nitrogens with one attached hydrogen (secondary N) is 2. The first-order valence-electron chi connectivity index (χ1n) is 12.7. The van der Waals surface area contributed by atoms with Gasteiger partial charge in [0.05, 0.1) is 19.8 Å². The summed E-state index contributed by atoms with van der Waals surface area (Å²) in [6.45, 7) is 9.20.